The van der Waals surface area contributed by atoms with Crippen LogP contribution >= 0.6 is 35.4 Å². The van der Waals surface area contributed by atoms with Crippen LogP contribution in [0.4, 0.5) is 0 Å². The highest BCUT2D eigenvalue weighted by Crippen LogP contribution is 2.31. The van der Waals surface area contributed by atoms with Gasteiger partial charge < -0.3 is 0 Å². The number of piperazine rings is 1. The minimum Gasteiger partial charge on any atom is -0.290 e. The monoisotopic (exact) mass is 457 g/mol. The summed E-state index contributed by atoms with van der Waals surface area (Å²) in [6.45, 7) is 5.01. The van der Waals surface area contributed by atoms with E-state index in [0.717, 1.165) is 37.4 Å². The third-order valence-electron chi connectivity index (χ3n) is 5.14. The number of aromatic nitrogens is 3. The van der Waals surface area contributed by atoms with Crippen molar-refractivity contribution in [3.05, 3.63) is 63.3 Å². The Balaban J connectivity index is 1.70. The van der Waals surface area contributed by atoms with Crippen molar-refractivity contribution in [2.75, 3.05) is 32.7 Å². The van der Waals surface area contributed by atoms with Crippen molar-refractivity contribution in [2.45, 2.75) is 6.67 Å². The minimum absolute atomic E-state index is 0.537. The van der Waals surface area contributed by atoms with Gasteiger partial charge in [-0.05, 0) is 42.5 Å². The highest BCUT2D eigenvalue weighted by atomic mass is 35.5. The third kappa shape index (κ3) is 4.46. The van der Waals surface area contributed by atoms with Crippen LogP contribution in [-0.4, -0.2) is 56.9 Å². The first-order valence-electron chi connectivity index (χ1n) is 9.65. The molecule has 1 fully saturated rings. The van der Waals surface area contributed by atoms with Crippen molar-refractivity contribution < 1.29 is 0 Å². The van der Waals surface area contributed by atoms with E-state index < -0.39 is 0 Å². The summed E-state index contributed by atoms with van der Waals surface area (Å²) >= 11 is 18.4. The molecule has 0 bridgehead atoms. The predicted molar refractivity (Wildman–Crippen MR) is 125 cm³/mol. The fourth-order valence-corrected chi connectivity index (χ4v) is 4.35. The van der Waals surface area contributed by atoms with Gasteiger partial charge in [0.25, 0.3) is 0 Å². The summed E-state index contributed by atoms with van der Waals surface area (Å²) in [6.07, 6.45) is 5.43. The van der Waals surface area contributed by atoms with Gasteiger partial charge in [0.05, 0.1) is 18.2 Å². The van der Waals surface area contributed by atoms with E-state index in [-0.39, 0.29) is 0 Å². The molecule has 1 aliphatic heterocycles. The molecule has 0 N–H and O–H groups in total. The third-order valence-corrected chi connectivity index (χ3v) is 6.08. The lowest BCUT2D eigenvalue weighted by molar-refractivity contribution is 0.111. The number of para-hydroxylation sites is 1. The fraction of sp³-hybridized carbons (Fsp3) is 0.273. The molecular formula is C22H21Cl2N5S. The summed E-state index contributed by atoms with van der Waals surface area (Å²) in [6, 6.07) is 15.4. The summed E-state index contributed by atoms with van der Waals surface area (Å²) in [5.41, 5.74) is 1.72. The second-order valence-corrected chi connectivity index (χ2v) is 8.35. The predicted octanol–water partition coefficient (Wildman–Crippen LogP) is 4.59. The lowest BCUT2D eigenvalue weighted by Crippen LogP contribution is -2.46. The number of halogens is 2. The van der Waals surface area contributed by atoms with Gasteiger partial charge in [-0.3, -0.25) is 14.4 Å². The molecule has 154 valence electrons. The van der Waals surface area contributed by atoms with Crippen molar-refractivity contribution in [3.63, 3.8) is 0 Å². The van der Waals surface area contributed by atoms with Gasteiger partial charge in [0.1, 0.15) is 0 Å². The second kappa shape index (κ2) is 9.34. The summed E-state index contributed by atoms with van der Waals surface area (Å²) in [5, 5.41) is 5.97. The van der Waals surface area contributed by atoms with Crippen LogP contribution in [0.25, 0.3) is 17.1 Å². The average Bonchev–Trinajstić information content (AvgIpc) is 3.06. The normalized spacial score (nSPS) is 15.2. The molecule has 5 nitrogen and oxygen atoms in total. The number of rotatable bonds is 5. The molecule has 0 unspecified atom stereocenters. The van der Waals surface area contributed by atoms with Crippen molar-refractivity contribution in [1.29, 1.82) is 0 Å². The van der Waals surface area contributed by atoms with E-state index in [1.54, 1.807) is 6.07 Å². The molecule has 1 saturated heterocycles. The topological polar surface area (TPSA) is 29.2 Å². The highest BCUT2D eigenvalue weighted by molar-refractivity contribution is 7.71. The molecule has 0 aliphatic carbocycles. The molecule has 8 heteroatoms. The van der Waals surface area contributed by atoms with Crippen molar-refractivity contribution >= 4 is 35.4 Å². The van der Waals surface area contributed by atoms with Gasteiger partial charge in [0.15, 0.2) is 5.82 Å². The first kappa shape index (κ1) is 21.1. The first-order valence-corrected chi connectivity index (χ1v) is 10.8. The molecule has 1 aromatic heterocycles. The van der Waals surface area contributed by atoms with E-state index >= 15 is 0 Å². The molecule has 2 heterocycles. The van der Waals surface area contributed by atoms with Gasteiger partial charge in [-0.15, -0.1) is 11.5 Å². The van der Waals surface area contributed by atoms with Crippen LogP contribution in [0.2, 0.25) is 10.0 Å². The molecule has 3 aromatic rings. The fourth-order valence-electron chi connectivity index (χ4n) is 3.56. The molecular weight excluding hydrogens is 437 g/mol. The van der Waals surface area contributed by atoms with E-state index in [0.29, 0.717) is 33.9 Å². The molecule has 0 radical (unpaired) electrons. The van der Waals surface area contributed by atoms with E-state index in [4.69, 9.17) is 46.9 Å². The van der Waals surface area contributed by atoms with Crippen LogP contribution in [0.3, 0.4) is 0 Å². The second-order valence-electron chi connectivity index (χ2n) is 7.14. The van der Waals surface area contributed by atoms with E-state index in [2.05, 4.69) is 15.7 Å². The van der Waals surface area contributed by atoms with Crippen LogP contribution in [0.1, 0.15) is 0 Å². The van der Waals surface area contributed by atoms with Gasteiger partial charge in [-0.2, -0.15) is 0 Å². The van der Waals surface area contributed by atoms with Crippen LogP contribution in [0.5, 0.6) is 0 Å². The Kier molecular flexibility index (Phi) is 6.57. The van der Waals surface area contributed by atoms with Gasteiger partial charge in [0.2, 0.25) is 4.77 Å². The number of terminal acetylenes is 1. The lowest BCUT2D eigenvalue weighted by Gasteiger charge is -2.33. The summed E-state index contributed by atoms with van der Waals surface area (Å²) in [4.78, 5) is 4.61. The van der Waals surface area contributed by atoms with E-state index in [1.165, 1.54) is 0 Å². The molecule has 30 heavy (non-hydrogen) atoms. The maximum Gasteiger partial charge on any atom is 0.204 e. The molecule has 2 aromatic carbocycles. The van der Waals surface area contributed by atoms with Crippen molar-refractivity contribution in [3.8, 4) is 29.4 Å². The molecule has 0 atom stereocenters. The Bertz CT molecular complexity index is 1120. The minimum atomic E-state index is 0.537. The van der Waals surface area contributed by atoms with Crippen LogP contribution in [0, 0.1) is 17.1 Å². The Hall–Kier alpha value is -2.14. The smallest absolute Gasteiger partial charge is 0.204 e. The highest BCUT2D eigenvalue weighted by Gasteiger charge is 2.21. The number of nitrogens with zero attached hydrogens (tertiary/aromatic N) is 5. The zero-order chi connectivity index (χ0) is 21.1. The number of benzene rings is 2. The van der Waals surface area contributed by atoms with Gasteiger partial charge in [-0.1, -0.05) is 47.3 Å². The van der Waals surface area contributed by atoms with Crippen LogP contribution in [-0.2, 0) is 6.67 Å². The Morgan fingerprint density at radius 1 is 1.00 bits per heavy atom. The zero-order valence-electron chi connectivity index (χ0n) is 16.3. The molecule has 1 aliphatic rings. The lowest BCUT2D eigenvalue weighted by atomic mass is 10.2. The van der Waals surface area contributed by atoms with Crippen molar-refractivity contribution in [1.82, 2.24) is 24.1 Å². The average molecular weight is 458 g/mol. The Morgan fingerprint density at radius 3 is 2.37 bits per heavy atom. The molecule has 4 rings (SSSR count). The van der Waals surface area contributed by atoms with Gasteiger partial charge in [-0.25, -0.2) is 4.68 Å². The first-order chi connectivity index (χ1) is 14.6. The number of hydrogen-bond donors (Lipinski definition) is 0. The van der Waals surface area contributed by atoms with Gasteiger partial charge in [0, 0.05) is 42.5 Å². The number of hydrogen-bond acceptors (Lipinski definition) is 4. The van der Waals surface area contributed by atoms with E-state index in [9.17, 15) is 0 Å². The Morgan fingerprint density at radius 2 is 1.70 bits per heavy atom. The quantitative estimate of drug-likeness (QED) is 0.413. The summed E-state index contributed by atoms with van der Waals surface area (Å²) in [5.74, 6) is 3.41. The molecule has 0 spiro atoms. The molecule has 0 saturated carbocycles. The van der Waals surface area contributed by atoms with Crippen LogP contribution < -0.4 is 0 Å². The molecule has 0 amide bonds. The summed E-state index contributed by atoms with van der Waals surface area (Å²) in [7, 11) is 0. The SMILES string of the molecule is C#CCN1CCN(Cn2nc(-c3ccc(Cl)cc3Cl)n(-c3ccccc3)c2=S)CC1. The van der Waals surface area contributed by atoms with Crippen LogP contribution in [0.15, 0.2) is 48.5 Å². The van der Waals surface area contributed by atoms with Gasteiger partial charge >= 0.3 is 0 Å². The van der Waals surface area contributed by atoms with E-state index in [1.807, 2.05) is 51.7 Å². The maximum atomic E-state index is 6.51. The largest absolute Gasteiger partial charge is 0.290 e. The standard InChI is InChI=1S/C22H21Cl2N5S/c1-2-10-26-11-13-27(14-12-26)16-28-22(30)29(18-6-4-3-5-7-18)21(25-28)19-9-8-17(23)15-20(19)24/h1,3-9,15H,10-14,16H2. The maximum absolute atomic E-state index is 6.51. The summed E-state index contributed by atoms with van der Waals surface area (Å²) < 4.78 is 4.44. The Labute approximate surface area is 191 Å². The van der Waals surface area contributed by atoms with Crippen molar-refractivity contribution in [2.24, 2.45) is 0 Å². The zero-order valence-corrected chi connectivity index (χ0v) is 18.7.